The van der Waals surface area contributed by atoms with Crippen molar-refractivity contribution in [2.75, 3.05) is 18.1 Å². The quantitative estimate of drug-likeness (QED) is 0.133. The molecular weight excluding hydrogens is 769 g/mol. The molecule has 2 aliphatic carbocycles. The van der Waals surface area contributed by atoms with Crippen molar-refractivity contribution in [3.05, 3.63) is 41.7 Å². The molecule has 4 aliphatic rings. The van der Waals surface area contributed by atoms with Crippen molar-refractivity contribution in [1.29, 1.82) is 0 Å². The summed E-state index contributed by atoms with van der Waals surface area (Å²) < 4.78 is 50.1. The minimum Gasteiger partial charge on any atom is -0.384 e. The number of sulfonamides is 1. The molecule has 308 valence electrons. The average molecular weight is 821 g/mol. The van der Waals surface area contributed by atoms with Gasteiger partial charge in [0.05, 0.1) is 22.8 Å². The van der Waals surface area contributed by atoms with Crippen molar-refractivity contribution in [2.24, 2.45) is 11.7 Å². The monoisotopic (exact) mass is 820 g/mol. The van der Waals surface area contributed by atoms with Crippen molar-refractivity contribution in [1.82, 2.24) is 35.2 Å². The largest absolute Gasteiger partial charge is 0.384 e. The Kier molecular flexibility index (Phi) is 12.0. The van der Waals surface area contributed by atoms with E-state index in [9.17, 15) is 46.6 Å². The first-order chi connectivity index (χ1) is 26.3. The molecule has 18 nitrogen and oxygen atoms in total. The van der Waals surface area contributed by atoms with Crippen LogP contribution in [0, 0.1) is 5.92 Å². The summed E-state index contributed by atoms with van der Waals surface area (Å²) in [7, 11) is -6.82. The number of likely N-dealkylation sites (tertiary alicyclic amines) is 1. The fraction of sp³-hybridized carbons (Fsp3) is 0.639. The van der Waals surface area contributed by atoms with Crippen LogP contribution >= 0.6 is 10.6 Å². The minimum atomic E-state index is -3.77. The molecular formula is C36H52N8O10S2. The van der Waals surface area contributed by atoms with Gasteiger partial charge in [-0.05, 0) is 76.1 Å². The maximum absolute atomic E-state index is 14.8. The molecule has 8 N–H and O–H groups in total. The number of carbonyl (C=O) groups excluding carboxylic acids is 5. The van der Waals surface area contributed by atoms with E-state index < -0.39 is 79.3 Å². The fourth-order valence-electron chi connectivity index (χ4n) is 7.99. The number of ketones is 1. The number of hydrogen-bond donors (Lipinski definition) is 7. The van der Waals surface area contributed by atoms with Gasteiger partial charge in [0.25, 0.3) is 11.8 Å². The average Bonchev–Trinajstić information content (AvgIpc) is 3.60. The van der Waals surface area contributed by atoms with Crippen molar-refractivity contribution < 1.29 is 46.6 Å². The highest BCUT2D eigenvalue weighted by Gasteiger charge is 2.51. The number of carbonyl (C=O) groups is 5. The Balaban J connectivity index is 1.30. The zero-order valence-corrected chi connectivity index (χ0v) is 33.2. The van der Waals surface area contributed by atoms with Gasteiger partial charge >= 0.3 is 0 Å². The highest BCUT2D eigenvalue weighted by atomic mass is 32.3. The fourth-order valence-corrected chi connectivity index (χ4v) is 10.9. The summed E-state index contributed by atoms with van der Waals surface area (Å²) in [6.07, 6.45) is 7.19. The van der Waals surface area contributed by atoms with Crippen LogP contribution in [0.1, 0.15) is 107 Å². The Bertz CT molecular complexity index is 1930. The second-order valence-electron chi connectivity index (χ2n) is 16.2. The van der Waals surface area contributed by atoms with Crippen LogP contribution in [0.15, 0.2) is 35.4 Å². The van der Waals surface area contributed by atoms with Crippen LogP contribution in [0.5, 0.6) is 0 Å². The van der Waals surface area contributed by atoms with Gasteiger partial charge in [-0.1, -0.05) is 37.3 Å². The normalized spacial score (nSPS) is 23.8. The number of aromatic nitrogens is 3. The predicted molar refractivity (Wildman–Crippen MR) is 204 cm³/mol. The van der Waals surface area contributed by atoms with Gasteiger partial charge in [0, 0.05) is 36.1 Å². The summed E-state index contributed by atoms with van der Waals surface area (Å²) in [5, 5.41) is 24.6. The number of Topliss-reactive ketones (excluding diaryl/α,β-unsaturated/α-hetero) is 1. The lowest BCUT2D eigenvalue weighted by Gasteiger charge is -2.45. The van der Waals surface area contributed by atoms with Crippen LogP contribution in [-0.4, -0.2) is 114 Å². The van der Waals surface area contributed by atoms with Crippen LogP contribution in [0.4, 0.5) is 0 Å². The van der Waals surface area contributed by atoms with Crippen molar-refractivity contribution in [2.45, 2.75) is 125 Å². The lowest BCUT2D eigenvalue weighted by atomic mass is 9.84. The van der Waals surface area contributed by atoms with Crippen LogP contribution in [0.2, 0.25) is 0 Å². The molecule has 0 radical (unpaired) electrons. The Morgan fingerprint density at radius 2 is 1.66 bits per heavy atom. The molecule has 0 spiro atoms. The van der Waals surface area contributed by atoms with Crippen LogP contribution in [0.25, 0.3) is 0 Å². The number of nitrogens with one attached hydrogen (secondary N) is 3. The molecule has 0 bridgehead atoms. The minimum absolute atomic E-state index is 0.00177. The Morgan fingerprint density at radius 1 is 1.02 bits per heavy atom. The van der Waals surface area contributed by atoms with E-state index in [0.717, 1.165) is 44.9 Å². The molecule has 2 aliphatic heterocycles. The third-order valence-corrected chi connectivity index (χ3v) is 14.6. The van der Waals surface area contributed by atoms with Gasteiger partial charge in [0.2, 0.25) is 27.6 Å². The molecule has 56 heavy (non-hydrogen) atoms. The number of nitrogens with two attached hydrogens (primary N) is 1. The summed E-state index contributed by atoms with van der Waals surface area (Å²) in [6, 6.07) is 2.23. The third kappa shape index (κ3) is 9.42. The number of aliphatic hydroxyl groups is 1. The molecule has 1 aromatic carbocycles. The maximum atomic E-state index is 14.8. The van der Waals surface area contributed by atoms with E-state index in [1.807, 2.05) is 0 Å². The summed E-state index contributed by atoms with van der Waals surface area (Å²) >= 11 is 0. The second kappa shape index (κ2) is 16.1. The first kappa shape index (κ1) is 41.7. The Hall–Kier alpha value is -3.95. The van der Waals surface area contributed by atoms with Gasteiger partial charge in [-0.25, -0.2) is 17.8 Å². The van der Waals surface area contributed by atoms with E-state index in [0.29, 0.717) is 5.69 Å². The van der Waals surface area contributed by atoms with Gasteiger partial charge in [0.15, 0.2) is 0 Å². The Morgan fingerprint density at radius 3 is 2.25 bits per heavy atom. The molecule has 1 aromatic heterocycles. The lowest BCUT2D eigenvalue weighted by molar-refractivity contribution is -0.145. The summed E-state index contributed by atoms with van der Waals surface area (Å²) in [4.78, 5) is 69.8. The molecule has 2 saturated heterocycles. The van der Waals surface area contributed by atoms with E-state index in [1.54, 1.807) is 0 Å². The maximum Gasteiger partial charge on any atom is 0.287 e. The van der Waals surface area contributed by atoms with Gasteiger partial charge in [-0.3, -0.25) is 33.1 Å². The third-order valence-electron chi connectivity index (χ3n) is 11.4. The lowest BCUT2D eigenvalue weighted by Crippen LogP contribution is -2.64. The predicted octanol–water partition coefficient (Wildman–Crippen LogP) is 1.31. The smallest absolute Gasteiger partial charge is 0.287 e. The molecule has 1 unspecified atom stereocenters. The van der Waals surface area contributed by atoms with E-state index in [-0.39, 0.29) is 66.2 Å². The topological polar surface area (TPSA) is 276 Å². The number of benzene rings is 1. The molecule has 3 atom stereocenters. The number of nitrogens with zero attached hydrogens (tertiary/aromatic N) is 4. The molecule has 4 amide bonds. The van der Waals surface area contributed by atoms with Crippen LogP contribution in [0.3, 0.4) is 0 Å². The molecule has 2 saturated carbocycles. The van der Waals surface area contributed by atoms with Crippen molar-refractivity contribution in [3.8, 4) is 0 Å². The van der Waals surface area contributed by atoms with E-state index >= 15 is 0 Å². The summed E-state index contributed by atoms with van der Waals surface area (Å²) in [5.74, 6) is -4.83. The van der Waals surface area contributed by atoms with Crippen LogP contribution in [-0.2, 0) is 34.8 Å². The number of amides is 4. The van der Waals surface area contributed by atoms with Gasteiger partial charge in [-0.2, -0.15) is 10.6 Å². The van der Waals surface area contributed by atoms with E-state index in [1.165, 1.54) is 53.9 Å². The highest BCUT2D eigenvalue weighted by Crippen LogP contribution is 2.47. The van der Waals surface area contributed by atoms with E-state index in [4.69, 9.17) is 5.73 Å². The molecule has 4 fully saturated rings. The first-order valence-corrected chi connectivity index (χ1v) is 22.4. The summed E-state index contributed by atoms with van der Waals surface area (Å²) in [5.41, 5.74) is 2.60. The van der Waals surface area contributed by atoms with E-state index in [2.05, 4.69) is 25.7 Å². The second-order valence-corrected chi connectivity index (χ2v) is 20.3. The van der Waals surface area contributed by atoms with Gasteiger partial charge in [-0.15, -0.1) is 5.10 Å². The summed E-state index contributed by atoms with van der Waals surface area (Å²) in [6.45, 7) is 2.98. The van der Waals surface area contributed by atoms with Crippen LogP contribution < -0.4 is 21.1 Å². The Labute approximate surface area is 327 Å². The standard InChI is InChI=1S/C36H52N8O10S2/c1-35(2,50)29-20-38-42-44(29)25-19-28(33(48)40-36(30(45)31(37)46)14-16-55(51,52)17-15-36)43(21-25)34(49)27(18-22-6-4-3-5-7-22)39-32(47)23-8-12-26(13-9-23)56(53,54)41-24-10-11-24/h8-9,12-13,20,22,24-25,27-28,41,50-52H,3-7,10-11,14-19,21H2,1-2H3,(H2,37,46)(H,39,47)(H,40,48)/t25-,27?,28-/m0/s1. The molecule has 6 rings (SSSR count). The van der Waals surface area contributed by atoms with Gasteiger partial charge < -0.3 is 26.4 Å². The number of primary amides is 1. The van der Waals surface area contributed by atoms with Gasteiger partial charge in [0.1, 0.15) is 23.2 Å². The highest BCUT2D eigenvalue weighted by molar-refractivity contribution is 8.24. The van der Waals surface area contributed by atoms with Crippen molar-refractivity contribution >= 4 is 50.0 Å². The molecule has 3 heterocycles. The molecule has 2 aromatic rings. The zero-order chi connectivity index (χ0) is 40.6. The molecule has 20 heteroatoms. The SMILES string of the molecule is CC(C)(O)c1cnnn1[C@H]1C[C@@H](C(=O)NC2(C(=O)C(N)=O)CCS(O)(O)CC2)N(C(=O)C(CC2CCCCC2)NC(=O)c2ccc(S(=O)(=O)NC3CC3)cc2)C1. The number of hydrogen-bond acceptors (Lipinski definition) is 12. The zero-order valence-electron chi connectivity index (χ0n) is 31.6. The number of rotatable bonds is 14. The van der Waals surface area contributed by atoms with Crippen molar-refractivity contribution in [3.63, 3.8) is 0 Å². The first-order valence-electron chi connectivity index (χ1n) is 19.1.